The molecular weight excluding hydrogens is 277 g/mol. The Balaban J connectivity index is 2.28. The largest absolute Gasteiger partial charge is 0.507 e. The normalized spacial score (nSPS) is 15.0. The molecule has 0 unspecified atom stereocenters. The van der Waals surface area contributed by atoms with Crippen LogP contribution in [0.15, 0.2) is 18.2 Å². The van der Waals surface area contributed by atoms with Crippen LogP contribution in [0.4, 0.5) is 4.39 Å². The molecule has 1 aromatic rings. The van der Waals surface area contributed by atoms with E-state index in [0.29, 0.717) is 0 Å². The van der Waals surface area contributed by atoms with Gasteiger partial charge in [-0.25, -0.2) is 4.39 Å². The molecule has 0 heterocycles. The lowest BCUT2D eigenvalue weighted by Crippen LogP contribution is -2.42. The van der Waals surface area contributed by atoms with Gasteiger partial charge in [-0.2, -0.15) is 0 Å². The molecular formula is C15H18FNO4. The van der Waals surface area contributed by atoms with E-state index in [1.165, 1.54) is 12.0 Å². The van der Waals surface area contributed by atoms with E-state index >= 15 is 0 Å². The smallest absolute Gasteiger partial charge is 0.325 e. The van der Waals surface area contributed by atoms with E-state index in [4.69, 9.17) is 0 Å². The Bertz CT molecular complexity index is 540. The number of phenols is 1. The van der Waals surface area contributed by atoms with Crippen LogP contribution in [0.1, 0.15) is 36.0 Å². The van der Waals surface area contributed by atoms with Gasteiger partial charge >= 0.3 is 5.97 Å². The van der Waals surface area contributed by atoms with E-state index < -0.39 is 17.7 Å². The Morgan fingerprint density at radius 3 is 2.67 bits per heavy atom. The van der Waals surface area contributed by atoms with Crippen molar-refractivity contribution in [1.29, 1.82) is 0 Å². The van der Waals surface area contributed by atoms with Crippen molar-refractivity contribution in [2.75, 3.05) is 13.7 Å². The highest BCUT2D eigenvalue weighted by Crippen LogP contribution is 2.27. The summed E-state index contributed by atoms with van der Waals surface area (Å²) in [6.07, 6.45) is 3.53. The number of carbonyl (C=O) groups is 2. The van der Waals surface area contributed by atoms with Gasteiger partial charge in [0.05, 0.1) is 12.7 Å². The van der Waals surface area contributed by atoms with Crippen LogP contribution in [0.25, 0.3) is 0 Å². The van der Waals surface area contributed by atoms with Crippen molar-refractivity contribution in [3.05, 3.63) is 29.6 Å². The molecule has 0 radical (unpaired) electrons. The predicted octanol–water partition coefficient (Wildman–Crippen LogP) is 2.09. The zero-order valence-electron chi connectivity index (χ0n) is 11.8. The highest BCUT2D eigenvalue weighted by Gasteiger charge is 2.30. The molecule has 0 atom stereocenters. The molecule has 1 saturated carbocycles. The molecule has 5 nitrogen and oxygen atoms in total. The Kier molecular flexibility index (Phi) is 4.77. The van der Waals surface area contributed by atoms with E-state index in [-0.39, 0.29) is 23.9 Å². The summed E-state index contributed by atoms with van der Waals surface area (Å²) >= 11 is 0. The number of aromatic hydroxyl groups is 1. The topological polar surface area (TPSA) is 66.8 Å². The van der Waals surface area contributed by atoms with Gasteiger partial charge in [-0.3, -0.25) is 9.59 Å². The predicted molar refractivity (Wildman–Crippen MR) is 73.4 cm³/mol. The highest BCUT2D eigenvalue weighted by atomic mass is 19.1. The van der Waals surface area contributed by atoms with Crippen molar-refractivity contribution in [2.45, 2.75) is 31.7 Å². The number of halogens is 1. The minimum atomic E-state index is -0.611. The maximum atomic E-state index is 13.3. The number of methoxy groups -OCH3 is 1. The molecule has 0 aliphatic heterocycles. The fraction of sp³-hybridized carbons (Fsp3) is 0.467. The van der Waals surface area contributed by atoms with Gasteiger partial charge in [0.15, 0.2) is 0 Å². The van der Waals surface area contributed by atoms with Crippen LogP contribution >= 0.6 is 0 Å². The second-order valence-electron chi connectivity index (χ2n) is 5.11. The molecule has 114 valence electrons. The number of esters is 1. The van der Waals surface area contributed by atoms with Crippen molar-refractivity contribution in [3.63, 3.8) is 0 Å². The number of rotatable bonds is 4. The van der Waals surface area contributed by atoms with Gasteiger partial charge in [0.25, 0.3) is 5.91 Å². The molecule has 1 fully saturated rings. The third-order valence-electron chi connectivity index (χ3n) is 3.74. The van der Waals surface area contributed by atoms with Crippen LogP contribution < -0.4 is 0 Å². The van der Waals surface area contributed by atoms with E-state index in [0.717, 1.165) is 43.9 Å². The van der Waals surface area contributed by atoms with Crippen LogP contribution in [0.2, 0.25) is 0 Å². The molecule has 0 bridgehead atoms. The molecule has 1 amide bonds. The van der Waals surface area contributed by atoms with E-state index in [9.17, 15) is 19.1 Å². The van der Waals surface area contributed by atoms with Crippen molar-refractivity contribution >= 4 is 11.9 Å². The Morgan fingerprint density at radius 2 is 2.05 bits per heavy atom. The molecule has 1 aromatic carbocycles. The van der Waals surface area contributed by atoms with E-state index in [2.05, 4.69) is 4.74 Å². The first-order valence-corrected chi connectivity index (χ1v) is 6.89. The van der Waals surface area contributed by atoms with Crippen molar-refractivity contribution in [2.24, 2.45) is 0 Å². The van der Waals surface area contributed by atoms with Crippen LogP contribution in [-0.4, -0.2) is 41.6 Å². The number of amides is 1. The van der Waals surface area contributed by atoms with E-state index in [1.807, 2.05) is 0 Å². The number of benzene rings is 1. The van der Waals surface area contributed by atoms with Crippen LogP contribution in [0.3, 0.4) is 0 Å². The van der Waals surface area contributed by atoms with Gasteiger partial charge in [-0.1, -0.05) is 12.8 Å². The van der Waals surface area contributed by atoms with Gasteiger partial charge in [0, 0.05) is 6.04 Å². The quantitative estimate of drug-likeness (QED) is 0.864. The first-order chi connectivity index (χ1) is 10.0. The summed E-state index contributed by atoms with van der Waals surface area (Å²) in [5, 5.41) is 9.76. The third kappa shape index (κ3) is 3.51. The summed E-state index contributed by atoms with van der Waals surface area (Å²) < 4.78 is 17.9. The Hall–Kier alpha value is -2.11. The number of phenolic OH excluding ortho intramolecular Hbond substituents is 1. The average Bonchev–Trinajstić information content (AvgIpc) is 3.00. The monoisotopic (exact) mass is 295 g/mol. The Labute approximate surface area is 122 Å². The summed E-state index contributed by atoms with van der Waals surface area (Å²) in [5.41, 5.74) is -0.134. The third-order valence-corrected chi connectivity index (χ3v) is 3.74. The van der Waals surface area contributed by atoms with Crippen LogP contribution in [-0.2, 0) is 9.53 Å². The van der Waals surface area contributed by atoms with Crippen molar-refractivity contribution < 1.29 is 23.8 Å². The maximum absolute atomic E-state index is 13.3. The standard InChI is InChI=1S/C15H18FNO4/c1-21-14(19)9-17(11-4-2-3-5-11)15(20)12-8-10(16)6-7-13(12)18/h6-8,11,18H,2-5,9H2,1H3. The number of ether oxygens (including phenoxy) is 1. The first-order valence-electron chi connectivity index (χ1n) is 6.89. The zero-order chi connectivity index (χ0) is 15.4. The number of carbonyl (C=O) groups excluding carboxylic acids is 2. The molecule has 0 saturated heterocycles. The minimum absolute atomic E-state index is 0.0840. The SMILES string of the molecule is COC(=O)CN(C(=O)c1cc(F)ccc1O)C1CCCC1. The molecule has 0 spiro atoms. The molecule has 1 N–H and O–H groups in total. The second kappa shape index (κ2) is 6.56. The molecule has 6 heteroatoms. The molecule has 21 heavy (non-hydrogen) atoms. The van der Waals surface area contributed by atoms with Gasteiger partial charge in [0.2, 0.25) is 0 Å². The lowest BCUT2D eigenvalue weighted by molar-refractivity contribution is -0.141. The molecule has 1 aliphatic rings. The highest BCUT2D eigenvalue weighted by molar-refractivity contribution is 5.98. The lowest BCUT2D eigenvalue weighted by Gasteiger charge is -2.28. The maximum Gasteiger partial charge on any atom is 0.325 e. The van der Waals surface area contributed by atoms with E-state index in [1.54, 1.807) is 0 Å². The summed E-state index contributed by atoms with van der Waals surface area (Å²) in [5.74, 6) is -2.00. The van der Waals surface area contributed by atoms with Crippen molar-refractivity contribution in [3.8, 4) is 5.75 Å². The molecule has 2 rings (SSSR count). The number of hydrogen-bond acceptors (Lipinski definition) is 4. The Morgan fingerprint density at radius 1 is 1.38 bits per heavy atom. The van der Waals surface area contributed by atoms with Gasteiger partial charge in [-0.15, -0.1) is 0 Å². The lowest BCUT2D eigenvalue weighted by atomic mass is 10.1. The van der Waals surface area contributed by atoms with Crippen molar-refractivity contribution in [1.82, 2.24) is 4.90 Å². The fourth-order valence-electron chi connectivity index (χ4n) is 2.62. The number of hydrogen-bond donors (Lipinski definition) is 1. The second-order valence-corrected chi connectivity index (χ2v) is 5.11. The summed E-state index contributed by atoms with van der Waals surface area (Å²) in [4.78, 5) is 25.4. The minimum Gasteiger partial charge on any atom is -0.507 e. The fourth-order valence-corrected chi connectivity index (χ4v) is 2.62. The van der Waals surface area contributed by atoms with Crippen LogP contribution in [0.5, 0.6) is 5.75 Å². The summed E-state index contributed by atoms with van der Waals surface area (Å²) in [6, 6.07) is 3.11. The first kappa shape index (κ1) is 15.3. The van der Waals surface area contributed by atoms with Crippen LogP contribution in [0, 0.1) is 5.82 Å². The average molecular weight is 295 g/mol. The van der Waals surface area contributed by atoms with Gasteiger partial charge in [-0.05, 0) is 31.0 Å². The molecule has 1 aliphatic carbocycles. The summed E-state index contributed by atoms with van der Waals surface area (Å²) in [7, 11) is 1.25. The van der Waals surface area contributed by atoms with Gasteiger partial charge < -0.3 is 14.7 Å². The molecule has 0 aromatic heterocycles. The summed E-state index contributed by atoms with van der Waals surface area (Å²) in [6.45, 7) is -0.198. The zero-order valence-corrected chi connectivity index (χ0v) is 11.8. The van der Waals surface area contributed by atoms with Gasteiger partial charge in [0.1, 0.15) is 18.1 Å². The number of nitrogens with zero attached hydrogens (tertiary/aromatic N) is 1.